The van der Waals surface area contributed by atoms with E-state index in [2.05, 4.69) is 15.3 Å². The normalized spacial score (nSPS) is 10.9. The number of fused-ring (bicyclic) bond motifs is 1. The minimum absolute atomic E-state index is 0.0417. The Morgan fingerprint density at radius 1 is 0.905 bits per heavy atom. The van der Waals surface area contributed by atoms with Crippen LogP contribution in [0.15, 0.2) is 108 Å². The summed E-state index contributed by atoms with van der Waals surface area (Å²) in [7, 11) is 3.26. The van der Waals surface area contributed by atoms with Crippen molar-refractivity contribution >= 4 is 22.5 Å². The van der Waals surface area contributed by atoms with Crippen LogP contribution in [0.1, 0.15) is 10.4 Å². The monoisotopic (exact) mass is 561 g/mol. The molecule has 3 aromatic heterocycles. The van der Waals surface area contributed by atoms with E-state index in [1.807, 2.05) is 6.07 Å². The van der Waals surface area contributed by atoms with E-state index < -0.39 is 17.3 Å². The number of hydrogen-bond donors (Lipinski definition) is 1. The number of carbonyl (C=O) groups is 1. The molecule has 0 aliphatic rings. The largest absolute Gasteiger partial charge is 0.497 e. The lowest BCUT2D eigenvalue weighted by Crippen LogP contribution is -2.25. The fourth-order valence-corrected chi connectivity index (χ4v) is 4.80. The second kappa shape index (κ2) is 11.0. The van der Waals surface area contributed by atoms with E-state index in [4.69, 9.17) is 9.47 Å². The molecule has 6 rings (SSSR count). The number of nitrogens with zero attached hydrogens (tertiary/aromatic N) is 4. The number of halogens is 1. The first kappa shape index (κ1) is 26.5. The number of amides is 1. The van der Waals surface area contributed by atoms with E-state index in [1.165, 1.54) is 16.8 Å². The molecule has 0 aliphatic carbocycles. The molecule has 0 saturated heterocycles. The molecule has 0 unspecified atom stereocenters. The van der Waals surface area contributed by atoms with E-state index >= 15 is 4.39 Å². The number of carbonyl (C=O) groups excluding carboxylic acids is 1. The summed E-state index contributed by atoms with van der Waals surface area (Å²) < 4.78 is 29.4. The molecule has 208 valence electrons. The van der Waals surface area contributed by atoms with Crippen molar-refractivity contribution in [3.8, 4) is 34.2 Å². The standard InChI is InChI=1S/C32H24FN5O4/c1-37-30(20-12-15-34-16-13-20)29(32(40)38(37)22-6-4-3-5-7-22)31(39)36-21-8-11-28(25(33)18-21)42-27-14-17-35-26-19-23(41-2)9-10-24(26)27/h3-19H,1-2H3,(H,36,39). The summed E-state index contributed by atoms with van der Waals surface area (Å²) in [4.78, 5) is 35.6. The van der Waals surface area contributed by atoms with Gasteiger partial charge in [-0.05, 0) is 54.6 Å². The summed E-state index contributed by atoms with van der Waals surface area (Å²) in [6.45, 7) is 0. The summed E-state index contributed by atoms with van der Waals surface area (Å²) in [6.07, 6.45) is 4.72. The van der Waals surface area contributed by atoms with E-state index in [0.717, 1.165) is 6.07 Å². The number of aromatic nitrogens is 4. The van der Waals surface area contributed by atoms with Gasteiger partial charge in [0.25, 0.3) is 11.5 Å². The average Bonchev–Trinajstić information content (AvgIpc) is 3.28. The smallest absolute Gasteiger partial charge is 0.284 e. The van der Waals surface area contributed by atoms with Crippen LogP contribution in [-0.4, -0.2) is 32.3 Å². The van der Waals surface area contributed by atoms with E-state index in [-0.39, 0.29) is 17.0 Å². The van der Waals surface area contributed by atoms with Gasteiger partial charge in [0.15, 0.2) is 11.6 Å². The van der Waals surface area contributed by atoms with Gasteiger partial charge in [0, 0.05) is 54.4 Å². The maximum absolute atomic E-state index is 15.2. The van der Waals surface area contributed by atoms with Crippen molar-refractivity contribution in [3.05, 3.63) is 125 Å². The highest BCUT2D eigenvalue weighted by atomic mass is 19.1. The van der Waals surface area contributed by atoms with Gasteiger partial charge >= 0.3 is 0 Å². The number of hydrogen-bond acceptors (Lipinski definition) is 6. The first-order chi connectivity index (χ1) is 20.4. The zero-order chi connectivity index (χ0) is 29.2. The van der Waals surface area contributed by atoms with Crippen molar-refractivity contribution < 1.29 is 18.7 Å². The van der Waals surface area contributed by atoms with Crippen LogP contribution in [0.2, 0.25) is 0 Å². The topological polar surface area (TPSA) is 100 Å². The van der Waals surface area contributed by atoms with Crippen molar-refractivity contribution in [2.75, 3.05) is 12.4 Å². The van der Waals surface area contributed by atoms with Gasteiger partial charge in [-0.1, -0.05) is 18.2 Å². The highest BCUT2D eigenvalue weighted by molar-refractivity contribution is 6.08. The van der Waals surface area contributed by atoms with E-state index in [0.29, 0.717) is 39.3 Å². The highest BCUT2D eigenvalue weighted by Crippen LogP contribution is 2.33. The maximum Gasteiger partial charge on any atom is 0.284 e. The van der Waals surface area contributed by atoms with Crippen molar-refractivity contribution in [2.45, 2.75) is 0 Å². The van der Waals surface area contributed by atoms with Gasteiger partial charge < -0.3 is 14.8 Å². The minimum Gasteiger partial charge on any atom is -0.497 e. The summed E-state index contributed by atoms with van der Waals surface area (Å²) in [6, 6.07) is 23.4. The molecule has 3 heterocycles. The molecule has 0 aliphatic heterocycles. The zero-order valence-corrected chi connectivity index (χ0v) is 22.6. The number of nitrogens with one attached hydrogen (secondary N) is 1. The molecule has 0 radical (unpaired) electrons. The third-order valence-electron chi connectivity index (χ3n) is 6.77. The Labute approximate surface area is 239 Å². The number of para-hydroxylation sites is 1. The summed E-state index contributed by atoms with van der Waals surface area (Å²) in [5.41, 5.74) is 1.79. The fourth-order valence-electron chi connectivity index (χ4n) is 4.80. The first-order valence-corrected chi connectivity index (χ1v) is 12.9. The number of ether oxygens (including phenoxy) is 2. The number of benzene rings is 3. The van der Waals surface area contributed by atoms with Gasteiger partial charge in [0.2, 0.25) is 0 Å². The van der Waals surface area contributed by atoms with Gasteiger partial charge in [0.05, 0.1) is 24.0 Å². The second-order valence-corrected chi connectivity index (χ2v) is 9.33. The molecule has 1 N–H and O–H groups in total. The molecule has 0 atom stereocenters. The first-order valence-electron chi connectivity index (χ1n) is 12.9. The van der Waals surface area contributed by atoms with E-state index in [1.54, 1.807) is 98.1 Å². The molecule has 42 heavy (non-hydrogen) atoms. The predicted molar refractivity (Wildman–Crippen MR) is 157 cm³/mol. The number of methoxy groups -OCH3 is 1. The Morgan fingerprint density at radius 3 is 2.43 bits per heavy atom. The molecular formula is C32H24FN5O4. The van der Waals surface area contributed by atoms with Gasteiger partial charge in [0.1, 0.15) is 17.1 Å². The van der Waals surface area contributed by atoms with Crippen LogP contribution < -0.4 is 20.3 Å². The van der Waals surface area contributed by atoms with Gasteiger partial charge in [-0.3, -0.25) is 24.2 Å². The lowest BCUT2D eigenvalue weighted by molar-refractivity contribution is 0.102. The highest BCUT2D eigenvalue weighted by Gasteiger charge is 2.26. The Kier molecular flexibility index (Phi) is 6.93. The van der Waals surface area contributed by atoms with Crippen LogP contribution >= 0.6 is 0 Å². The average molecular weight is 562 g/mol. The quantitative estimate of drug-likeness (QED) is 0.258. The fraction of sp³-hybridized carbons (Fsp3) is 0.0625. The predicted octanol–water partition coefficient (Wildman–Crippen LogP) is 5.98. The van der Waals surface area contributed by atoms with Gasteiger partial charge in [-0.25, -0.2) is 9.07 Å². The third-order valence-corrected chi connectivity index (χ3v) is 6.77. The van der Waals surface area contributed by atoms with Crippen molar-refractivity contribution in [1.29, 1.82) is 0 Å². The third kappa shape index (κ3) is 4.86. The maximum atomic E-state index is 15.2. The number of pyridine rings is 2. The molecule has 6 aromatic rings. The van der Waals surface area contributed by atoms with Crippen LogP contribution in [0.25, 0.3) is 27.8 Å². The summed E-state index contributed by atoms with van der Waals surface area (Å²) >= 11 is 0. The lowest BCUT2D eigenvalue weighted by Gasteiger charge is -2.12. The Morgan fingerprint density at radius 2 is 1.69 bits per heavy atom. The molecule has 0 bridgehead atoms. The SMILES string of the molecule is COc1ccc2c(Oc3ccc(NC(=O)c4c(-c5ccncc5)n(C)n(-c5ccccc5)c4=O)cc3F)ccnc2c1. The zero-order valence-electron chi connectivity index (χ0n) is 22.6. The van der Waals surface area contributed by atoms with Crippen molar-refractivity contribution in [1.82, 2.24) is 19.3 Å². The van der Waals surface area contributed by atoms with Crippen LogP contribution in [0.5, 0.6) is 17.2 Å². The Balaban J connectivity index is 1.32. The Bertz CT molecular complexity index is 1990. The van der Waals surface area contributed by atoms with Crippen LogP contribution in [0.3, 0.4) is 0 Å². The molecule has 9 nitrogen and oxygen atoms in total. The molecule has 1 amide bonds. The van der Waals surface area contributed by atoms with Gasteiger partial charge in [-0.15, -0.1) is 0 Å². The Hall–Kier alpha value is -5.77. The molecule has 10 heteroatoms. The molecular weight excluding hydrogens is 537 g/mol. The van der Waals surface area contributed by atoms with Crippen LogP contribution in [0.4, 0.5) is 10.1 Å². The van der Waals surface area contributed by atoms with Crippen molar-refractivity contribution in [3.63, 3.8) is 0 Å². The van der Waals surface area contributed by atoms with E-state index in [9.17, 15) is 9.59 Å². The van der Waals surface area contributed by atoms with Gasteiger partial charge in [-0.2, -0.15) is 0 Å². The number of anilines is 1. The summed E-state index contributed by atoms with van der Waals surface area (Å²) in [5.74, 6) is -0.375. The van der Waals surface area contributed by atoms with Crippen molar-refractivity contribution in [2.24, 2.45) is 7.05 Å². The van der Waals surface area contributed by atoms with Crippen LogP contribution in [-0.2, 0) is 7.05 Å². The minimum atomic E-state index is -0.699. The molecule has 0 saturated carbocycles. The summed E-state index contributed by atoms with van der Waals surface area (Å²) in [5, 5.41) is 3.35. The molecule has 0 spiro atoms. The second-order valence-electron chi connectivity index (χ2n) is 9.33. The molecule has 0 fully saturated rings. The molecule has 3 aromatic carbocycles. The number of rotatable bonds is 7. The lowest BCUT2D eigenvalue weighted by atomic mass is 10.1. The van der Waals surface area contributed by atoms with Crippen LogP contribution in [0, 0.1) is 5.82 Å².